The summed E-state index contributed by atoms with van der Waals surface area (Å²) in [6, 6.07) is 8.96. The number of aromatic nitrogens is 2. The fourth-order valence-electron chi connectivity index (χ4n) is 3.23. The van der Waals surface area contributed by atoms with E-state index in [9.17, 15) is 9.18 Å². The molecule has 1 saturated heterocycles. The number of nitrogens with one attached hydrogen (secondary N) is 2. The minimum absolute atomic E-state index is 0.173. The van der Waals surface area contributed by atoms with Crippen molar-refractivity contribution in [2.45, 2.75) is 25.3 Å². The van der Waals surface area contributed by atoms with Gasteiger partial charge in [0.15, 0.2) is 17.3 Å². The molecule has 0 aliphatic carbocycles. The standard InChI is InChI=1S/C19H19FN4O4/c1-12-10-16(28-23-12)19(6-8-26-9-7-19)22-18(25)21-17-11-15(27-24-17)13-4-2-3-5-14(13)20/h2-5,10-11H,6-9H2,1H3,(H2,21,22,24,25). The van der Waals surface area contributed by atoms with E-state index in [0.29, 0.717) is 31.8 Å². The average molecular weight is 386 g/mol. The Bertz CT molecular complexity index is 978. The highest BCUT2D eigenvalue weighted by Crippen LogP contribution is 2.33. The van der Waals surface area contributed by atoms with Gasteiger partial charge in [0.1, 0.15) is 11.4 Å². The molecule has 2 aromatic heterocycles. The summed E-state index contributed by atoms with van der Waals surface area (Å²) < 4.78 is 29.9. The molecule has 28 heavy (non-hydrogen) atoms. The normalized spacial score (nSPS) is 15.9. The van der Waals surface area contributed by atoms with Crippen LogP contribution in [-0.2, 0) is 10.3 Å². The zero-order chi connectivity index (χ0) is 19.6. The molecule has 1 aromatic carbocycles. The van der Waals surface area contributed by atoms with Crippen LogP contribution in [0.3, 0.4) is 0 Å². The minimum Gasteiger partial charge on any atom is -0.381 e. The minimum atomic E-state index is -0.721. The number of hydrogen-bond donors (Lipinski definition) is 2. The molecule has 0 spiro atoms. The van der Waals surface area contributed by atoms with Crippen LogP contribution < -0.4 is 10.6 Å². The Balaban J connectivity index is 1.50. The van der Waals surface area contributed by atoms with Gasteiger partial charge in [0, 0.05) is 38.2 Å². The molecule has 0 radical (unpaired) electrons. The number of ether oxygens (including phenoxy) is 1. The van der Waals surface area contributed by atoms with E-state index in [1.165, 1.54) is 12.1 Å². The molecular formula is C19H19FN4O4. The van der Waals surface area contributed by atoms with E-state index >= 15 is 0 Å². The molecule has 0 bridgehead atoms. The maximum absolute atomic E-state index is 13.9. The van der Waals surface area contributed by atoms with Gasteiger partial charge < -0.3 is 19.1 Å². The van der Waals surface area contributed by atoms with E-state index in [1.807, 2.05) is 6.92 Å². The molecule has 146 valence electrons. The fraction of sp³-hybridized carbons (Fsp3) is 0.316. The number of benzene rings is 1. The smallest absolute Gasteiger partial charge is 0.321 e. The highest BCUT2D eigenvalue weighted by Gasteiger charge is 2.39. The Kier molecular flexibility index (Phi) is 4.82. The Morgan fingerprint density at radius 2 is 1.93 bits per heavy atom. The van der Waals surface area contributed by atoms with Gasteiger partial charge in [-0.1, -0.05) is 22.4 Å². The summed E-state index contributed by atoms with van der Waals surface area (Å²) in [6.07, 6.45) is 1.10. The molecule has 4 rings (SSSR count). The molecule has 3 heterocycles. The van der Waals surface area contributed by atoms with Crippen LogP contribution in [0.5, 0.6) is 0 Å². The number of carbonyl (C=O) groups is 1. The van der Waals surface area contributed by atoms with Crippen molar-refractivity contribution in [3.05, 3.63) is 53.7 Å². The average Bonchev–Trinajstić information content (AvgIpc) is 3.32. The Morgan fingerprint density at radius 3 is 2.64 bits per heavy atom. The summed E-state index contributed by atoms with van der Waals surface area (Å²) in [7, 11) is 0. The van der Waals surface area contributed by atoms with Crippen LogP contribution in [0.1, 0.15) is 24.3 Å². The summed E-state index contributed by atoms with van der Waals surface area (Å²) in [5, 5.41) is 13.3. The number of hydrogen-bond acceptors (Lipinski definition) is 6. The molecule has 3 aromatic rings. The second-order valence-electron chi connectivity index (χ2n) is 6.66. The van der Waals surface area contributed by atoms with E-state index in [1.54, 1.807) is 24.3 Å². The van der Waals surface area contributed by atoms with Gasteiger partial charge in [0.05, 0.1) is 11.3 Å². The van der Waals surface area contributed by atoms with Gasteiger partial charge in [-0.05, 0) is 19.1 Å². The summed E-state index contributed by atoms with van der Waals surface area (Å²) in [4.78, 5) is 12.6. The van der Waals surface area contributed by atoms with Crippen LogP contribution in [0.25, 0.3) is 11.3 Å². The SMILES string of the molecule is Cc1cc(C2(NC(=O)Nc3cc(-c4ccccc4F)on3)CCOCC2)on1. The second kappa shape index (κ2) is 7.43. The van der Waals surface area contributed by atoms with Crippen LogP contribution in [-0.4, -0.2) is 29.6 Å². The summed E-state index contributed by atoms with van der Waals surface area (Å²) in [5.41, 5.74) is 0.275. The van der Waals surface area contributed by atoms with Crippen molar-refractivity contribution >= 4 is 11.8 Å². The Hall–Kier alpha value is -3.20. The Labute approximate surface area is 160 Å². The van der Waals surface area contributed by atoms with Crippen molar-refractivity contribution in [1.82, 2.24) is 15.6 Å². The molecule has 1 aliphatic rings. The topological polar surface area (TPSA) is 102 Å². The highest BCUT2D eigenvalue weighted by atomic mass is 19.1. The van der Waals surface area contributed by atoms with Crippen LogP contribution in [0.15, 0.2) is 45.4 Å². The van der Waals surface area contributed by atoms with Gasteiger partial charge in [-0.15, -0.1) is 0 Å². The molecule has 2 N–H and O–H groups in total. The highest BCUT2D eigenvalue weighted by molar-refractivity contribution is 5.89. The largest absolute Gasteiger partial charge is 0.381 e. The lowest BCUT2D eigenvalue weighted by Gasteiger charge is -2.35. The maximum atomic E-state index is 13.9. The number of halogens is 1. The zero-order valence-corrected chi connectivity index (χ0v) is 15.2. The van der Waals surface area contributed by atoms with Gasteiger partial charge in [-0.2, -0.15) is 0 Å². The molecule has 0 unspecified atom stereocenters. The number of aryl methyl sites for hydroxylation is 1. The first kappa shape index (κ1) is 18.2. The van der Waals surface area contributed by atoms with Crippen LogP contribution in [0, 0.1) is 12.7 Å². The summed E-state index contributed by atoms with van der Waals surface area (Å²) in [6.45, 7) is 2.79. The first-order valence-corrected chi connectivity index (χ1v) is 8.88. The van der Waals surface area contributed by atoms with E-state index in [2.05, 4.69) is 20.9 Å². The summed E-state index contributed by atoms with van der Waals surface area (Å²) in [5.74, 6) is 0.541. The van der Waals surface area contributed by atoms with Gasteiger partial charge in [0.25, 0.3) is 0 Å². The van der Waals surface area contributed by atoms with Gasteiger partial charge in [-0.25, -0.2) is 9.18 Å². The lowest BCUT2D eigenvalue weighted by molar-refractivity contribution is 0.0307. The molecule has 2 amide bonds. The van der Waals surface area contributed by atoms with Crippen LogP contribution in [0.4, 0.5) is 15.0 Å². The first-order valence-electron chi connectivity index (χ1n) is 8.88. The van der Waals surface area contributed by atoms with Gasteiger partial charge in [0.2, 0.25) is 0 Å². The third kappa shape index (κ3) is 3.61. The van der Waals surface area contributed by atoms with Crippen molar-refractivity contribution in [2.24, 2.45) is 0 Å². The molecule has 1 fully saturated rings. The number of rotatable bonds is 4. The third-order valence-corrected chi connectivity index (χ3v) is 4.69. The molecular weight excluding hydrogens is 367 g/mol. The quantitative estimate of drug-likeness (QED) is 0.710. The molecule has 9 heteroatoms. The van der Waals surface area contributed by atoms with Crippen molar-refractivity contribution in [1.29, 1.82) is 0 Å². The van der Waals surface area contributed by atoms with E-state index in [-0.39, 0.29) is 17.1 Å². The first-order chi connectivity index (χ1) is 13.6. The second-order valence-corrected chi connectivity index (χ2v) is 6.66. The van der Waals surface area contributed by atoms with Gasteiger partial charge in [-0.3, -0.25) is 5.32 Å². The monoisotopic (exact) mass is 386 g/mol. The van der Waals surface area contributed by atoms with Crippen molar-refractivity contribution in [3.8, 4) is 11.3 Å². The lowest BCUT2D eigenvalue weighted by atomic mass is 9.87. The molecule has 0 atom stereocenters. The Morgan fingerprint density at radius 1 is 1.14 bits per heavy atom. The summed E-state index contributed by atoms with van der Waals surface area (Å²) >= 11 is 0. The molecule has 0 saturated carbocycles. The number of urea groups is 1. The number of amides is 2. The van der Waals surface area contributed by atoms with Crippen molar-refractivity contribution < 1.29 is 23.0 Å². The van der Waals surface area contributed by atoms with Crippen molar-refractivity contribution in [3.63, 3.8) is 0 Å². The van der Waals surface area contributed by atoms with Gasteiger partial charge >= 0.3 is 6.03 Å². The predicted molar refractivity (Wildman–Crippen MR) is 97.0 cm³/mol. The van der Waals surface area contributed by atoms with E-state index in [4.69, 9.17) is 13.8 Å². The third-order valence-electron chi connectivity index (χ3n) is 4.69. The van der Waals surface area contributed by atoms with E-state index in [0.717, 1.165) is 5.69 Å². The number of nitrogens with zero attached hydrogens (tertiary/aromatic N) is 2. The zero-order valence-electron chi connectivity index (χ0n) is 15.2. The van der Waals surface area contributed by atoms with E-state index < -0.39 is 17.4 Å². The van der Waals surface area contributed by atoms with Crippen LogP contribution in [0.2, 0.25) is 0 Å². The predicted octanol–water partition coefficient (Wildman–Crippen LogP) is 3.60. The molecule has 8 nitrogen and oxygen atoms in total. The number of anilines is 1. The van der Waals surface area contributed by atoms with Crippen molar-refractivity contribution in [2.75, 3.05) is 18.5 Å². The number of carbonyl (C=O) groups excluding carboxylic acids is 1. The molecule has 1 aliphatic heterocycles. The fourth-order valence-corrected chi connectivity index (χ4v) is 3.23. The maximum Gasteiger partial charge on any atom is 0.321 e. The lowest BCUT2D eigenvalue weighted by Crippen LogP contribution is -2.50. The van der Waals surface area contributed by atoms with Crippen LogP contribution >= 0.6 is 0 Å².